The SMILES string of the molecule is O=C(Cc1cccc(O)c1)NC1(c2ncon2)CCOCC1. The summed E-state index contributed by atoms with van der Waals surface area (Å²) in [6.07, 6.45) is 2.62. The Kier molecular flexibility index (Phi) is 4.06. The van der Waals surface area contributed by atoms with Crippen molar-refractivity contribution in [2.75, 3.05) is 13.2 Å². The van der Waals surface area contributed by atoms with Gasteiger partial charge in [0.05, 0.1) is 6.42 Å². The Labute approximate surface area is 127 Å². The third kappa shape index (κ3) is 3.09. The number of aromatic nitrogens is 2. The molecule has 1 aromatic carbocycles. The molecule has 22 heavy (non-hydrogen) atoms. The van der Waals surface area contributed by atoms with Crippen LogP contribution in [-0.4, -0.2) is 34.4 Å². The molecule has 0 aliphatic carbocycles. The van der Waals surface area contributed by atoms with Crippen LogP contribution in [0.2, 0.25) is 0 Å². The molecule has 2 N–H and O–H groups in total. The minimum Gasteiger partial charge on any atom is -0.508 e. The molecule has 7 nitrogen and oxygen atoms in total. The van der Waals surface area contributed by atoms with Crippen LogP contribution in [0.3, 0.4) is 0 Å². The summed E-state index contributed by atoms with van der Waals surface area (Å²) in [6, 6.07) is 6.65. The van der Waals surface area contributed by atoms with Crippen molar-refractivity contribution in [2.45, 2.75) is 24.8 Å². The van der Waals surface area contributed by atoms with Crippen LogP contribution >= 0.6 is 0 Å². The average molecular weight is 303 g/mol. The van der Waals surface area contributed by atoms with Gasteiger partial charge < -0.3 is 19.7 Å². The smallest absolute Gasteiger partial charge is 0.225 e. The first-order valence-corrected chi connectivity index (χ1v) is 7.11. The molecular weight excluding hydrogens is 286 g/mol. The quantitative estimate of drug-likeness (QED) is 0.879. The van der Waals surface area contributed by atoms with E-state index in [1.807, 2.05) is 0 Å². The van der Waals surface area contributed by atoms with Crippen LogP contribution in [0.25, 0.3) is 0 Å². The monoisotopic (exact) mass is 303 g/mol. The van der Waals surface area contributed by atoms with E-state index in [0.717, 1.165) is 5.56 Å². The Balaban J connectivity index is 1.74. The number of nitrogens with one attached hydrogen (secondary N) is 1. The molecule has 1 saturated heterocycles. The van der Waals surface area contributed by atoms with Crippen LogP contribution in [0.1, 0.15) is 24.2 Å². The van der Waals surface area contributed by atoms with Gasteiger partial charge in [-0.3, -0.25) is 4.79 Å². The van der Waals surface area contributed by atoms with E-state index in [1.54, 1.807) is 24.3 Å². The van der Waals surface area contributed by atoms with E-state index in [0.29, 0.717) is 31.9 Å². The topological polar surface area (TPSA) is 97.5 Å². The number of hydrogen-bond acceptors (Lipinski definition) is 6. The molecule has 116 valence electrons. The second kappa shape index (κ2) is 6.15. The molecule has 2 aromatic rings. The molecular formula is C15H17N3O4. The highest BCUT2D eigenvalue weighted by molar-refractivity contribution is 5.79. The fraction of sp³-hybridized carbons (Fsp3) is 0.400. The molecule has 0 atom stereocenters. The van der Waals surface area contributed by atoms with Crippen molar-refractivity contribution < 1.29 is 19.2 Å². The molecule has 2 heterocycles. The Hall–Kier alpha value is -2.41. The van der Waals surface area contributed by atoms with Crippen LogP contribution in [0.5, 0.6) is 5.75 Å². The summed E-state index contributed by atoms with van der Waals surface area (Å²) in [6.45, 7) is 1.06. The zero-order chi connectivity index (χ0) is 15.4. The predicted molar refractivity (Wildman–Crippen MR) is 76.0 cm³/mol. The van der Waals surface area contributed by atoms with E-state index in [-0.39, 0.29) is 18.1 Å². The summed E-state index contributed by atoms with van der Waals surface area (Å²) in [5.74, 6) is 0.460. The molecule has 1 aliphatic rings. The van der Waals surface area contributed by atoms with E-state index in [9.17, 15) is 9.90 Å². The summed E-state index contributed by atoms with van der Waals surface area (Å²) in [7, 11) is 0. The van der Waals surface area contributed by atoms with Gasteiger partial charge in [-0.05, 0) is 17.7 Å². The lowest BCUT2D eigenvalue weighted by atomic mass is 9.88. The Morgan fingerprint density at radius 1 is 1.36 bits per heavy atom. The molecule has 3 rings (SSSR count). The lowest BCUT2D eigenvalue weighted by molar-refractivity contribution is -0.124. The molecule has 0 bridgehead atoms. The maximum Gasteiger partial charge on any atom is 0.225 e. The second-order valence-corrected chi connectivity index (χ2v) is 5.34. The van der Waals surface area contributed by atoms with Crippen LogP contribution in [0.15, 0.2) is 35.2 Å². The van der Waals surface area contributed by atoms with Crippen molar-refractivity contribution in [3.63, 3.8) is 0 Å². The predicted octanol–water partition coefficient (Wildman–Crippen LogP) is 1.14. The highest BCUT2D eigenvalue weighted by atomic mass is 16.5. The number of aromatic hydroxyl groups is 1. The summed E-state index contributed by atoms with van der Waals surface area (Å²) in [4.78, 5) is 16.5. The summed E-state index contributed by atoms with van der Waals surface area (Å²) in [5, 5.41) is 16.4. The van der Waals surface area contributed by atoms with Gasteiger partial charge in [0.1, 0.15) is 11.3 Å². The molecule has 0 saturated carbocycles. The molecule has 1 amide bonds. The summed E-state index contributed by atoms with van der Waals surface area (Å²) in [5.41, 5.74) is 0.0897. The van der Waals surface area contributed by atoms with E-state index in [2.05, 4.69) is 15.5 Å². The van der Waals surface area contributed by atoms with E-state index >= 15 is 0 Å². The molecule has 0 unspecified atom stereocenters. The summed E-state index contributed by atoms with van der Waals surface area (Å²) < 4.78 is 10.2. The first-order chi connectivity index (χ1) is 10.7. The number of nitrogens with zero attached hydrogens (tertiary/aromatic N) is 2. The van der Waals surface area contributed by atoms with Gasteiger partial charge >= 0.3 is 0 Å². The first kappa shape index (κ1) is 14.5. The van der Waals surface area contributed by atoms with Gasteiger partial charge in [0.15, 0.2) is 5.82 Å². The van der Waals surface area contributed by atoms with Gasteiger partial charge in [0.25, 0.3) is 0 Å². The fourth-order valence-electron chi connectivity index (χ4n) is 2.67. The van der Waals surface area contributed by atoms with Crippen molar-refractivity contribution >= 4 is 5.91 Å². The van der Waals surface area contributed by atoms with Gasteiger partial charge in [-0.1, -0.05) is 17.3 Å². The molecule has 1 aromatic heterocycles. The van der Waals surface area contributed by atoms with Crippen molar-refractivity contribution in [3.05, 3.63) is 42.0 Å². The molecule has 1 aliphatic heterocycles. The number of rotatable bonds is 4. The average Bonchev–Trinajstić information content (AvgIpc) is 3.03. The van der Waals surface area contributed by atoms with Crippen LogP contribution in [-0.2, 0) is 21.5 Å². The zero-order valence-electron chi connectivity index (χ0n) is 12.0. The molecule has 7 heteroatoms. The third-order valence-corrected chi connectivity index (χ3v) is 3.79. The normalized spacial score (nSPS) is 17.1. The number of carbonyl (C=O) groups excluding carboxylic acids is 1. The van der Waals surface area contributed by atoms with E-state index in [1.165, 1.54) is 6.39 Å². The number of benzene rings is 1. The molecule has 1 fully saturated rings. The third-order valence-electron chi connectivity index (χ3n) is 3.79. The number of carbonyl (C=O) groups is 1. The largest absolute Gasteiger partial charge is 0.508 e. The van der Waals surface area contributed by atoms with Crippen LogP contribution in [0.4, 0.5) is 0 Å². The summed E-state index contributed by atoms with van der Waals surface area (Å²) >= 11 is 0. The lowest BCUT2D eigenvalue weighted by Crippen LogP contribution is -2.50. The van der Waals surface area contributed by atoms with Crippen molar-refractivity contribution in [1.82, 2.24) is 15.5 Å². The van der Waals surface area contributed by atoms with Gasteiger partial charge in [0, 0.05) is 26.1 Å². The van der Waals surface area contributed by atoms with Gasteiger partial charge in [0.2, 0.25) is 12.3 Å². The van der Waals surface area contributed by atoms with Crippen molar-refractivity contribution in [3.8, 4) is 5.75 Å². The van der Waals surface area contributed by atoms with Crippen LogP contribution in [0, 0.1) is 0 Å². The van der Waals surface area contributed by atoms with Crippen LogP contribution < -0.4 is 5.32 Å². The maximum atomic E-state index is 12.4. The maximum absolute atomic E-state index is 12.4. The van der Waals surface area contributed by atoms with Crippen molar-refractivity contribution in [2.24, 2.45) is 0 Å². The van der Waals surface area contributed by atoms with Gasteiger partial charge in [-0.25, -0.2) is 0 Å². The van der Waals surface area contributed by atoms with E-state index in [4.69, 9.17) is 9.26 Å². The number of phenols is 1. The van der Waals surface area contributed by atoms with E-state index < -0.39 is 5.54 Å². The fourth-order valence-corrected chi connectivity index (χ4v) is 2.67. The minimum atomic E-state index is -0.654. The number of ether oxygens (including phenoxy) is 1. The molecule has 0 spiro atoms. The first-order valence-electron chi connectivity index (χ1n) is 7.11. The Morgan fingerprint density at radius 2 is 2.18 bits per heavy atom. The van der Waals surface area contributed by atoms with Gasteiger partial charge in [-0.2, -0.15) is 4.98 Å². The standard InChI is InChI=1S/C15H17N3O4/c19-12-3-1-2-11(8-12)9-13(20)17-15(4-6-21-7-5-15)14-16-10-22-18-14/h1-3,8,10,19H,4-7,9H2,(H,17,20). The number of hydrogen-bond donors (Lipinski definition) is 2. The van der Waals surface area contributed by atoms with Gasteiger partial charge in [-0.15, -0.1) is 0 Å². The Bertz CT molecular complexity index is 636. The highest BCUT2D eigenvalue weighted by Crippen LogP contribution is 2.29. The molecule has 0 radical (unpaired) electrons. The highest BCUT2D eigenvalue weighted by Gasteiger charge is 2.39. The minimum absolute atomic E-state index is 0.143. The lowest BCUT2D eigenvalue weighted by Gasteiger charge is -2.35. The number of phenolic OH excluding ortho intramolecular Hbond substituents is 1. The van der Waals surface area contributed by atoms with Crippen molar-refractivity contribution in [1.29, 1.82) is 0 Å². The second-order valence-electron chi connectivity index (χ2n) is 5.34. The zero-order valence-corrected chi connectivity index (χ0v) is 12.0. The Morgan fingerprint density at radius 3 is 2.86 bits per heavy atom. The number of amides is 1.